The molecular formula is C13H25NO. The Morgan fingerprint density at radius 1 is 1.20 bits per heavy atom. The van der Waals surface area contributed by atoms with Crippen LogP contribution in [0.3, 0.4) is 0 Å². The molecule has 1 saturated heterocycles. The maximum atomic E-state index is 5.45. The van der Waals surface area contributed by atoms with Crippen LogP contribution in [0.4, 0.5) is 0 Å². The minimum Gasteiger partial charge on any atom is -0.381 e. The molecule has 1 aliphatic heterocycles. The molecule has 0 radical (unpaired) electrons. The van der Waals surface area contributed by atoms with Crippen LogP contribution in [0.1, 0.15) is 45.4 Å². The number of ether oxygens (including phenoxy) is 1. The van der Waals surface area contributed by atoms with Gasteiger partial charge in [-0.15, -0.1) is 0 Å². The predicted octanol–water partition coefficient (Wildman–Crippen LogP) is 2.58. The SMILES string of the molecule is CCNC(CC1CCC1)CC1CCOC1. The third kappa shape index (κ3) is 3.46. The summed E-state index contributed by atoms with van der Waals surface area (Å²) in [6.45, 7) is 5.34. The fraction of sp³-hybridized carbons (Fsp3) is 1.00. The lowest BCUT2D eigenvalue weighted by Gasteiger charge is -2.31. The Morgan fingerprint density at radius 3 is 2.53 bits per heavy atom. The average molecular weight is 211 g/mol. The van der Waals surface area contributed by atoms with Crippen LogP contribution in [0.5, 0.6) is 0 Å². The molecule has 15 heavy (non-hydrogen) atoms. The van der Waals surface area contributed by atoms with Crippen molar-refractivity contribution in [1.82, 2.24) is 5.32 Å². The zero-order valence-electron chi connectivity index (χ0n) is 10.0. The molecule has 0 aromatic heterocycles. The molecule has 0 aromatic carbocycles. The second-order valence-corrected chi connectivity index (χ2v) is 5.25. The molecule has 2 rings (SSSR count). The highest BCUT2D eigenvalue weighted by Gasteiger charge is 2.25. The number of hydrogen-bond acceptors (Lipinski definition) is 2. The Hall–Kier alpha value is -0.0800. The number of hydrogen-bond donors (Lipinski definition) is 1. The molecule has 88 valence electrons. The van der Waals surface area contributed by atoms with Crippen molar-refractivity contribution in [3.8, 4) is 0 Å². The van der Waals surface area contributed by atoms with Crippen molar-refractivity contribution in [2.24, 2.45) is 11.8 Å². The summed E-state index contributed by atoms with van der Waals surface area (Å²) in [5.74, 6) is 1.85. The highest BCUT2D eigenvalue weighted by atomic mass is 16.5. The van der Waals surface area contributed by atoms with Gasteiger partial charge in [-0.1, -0.05) is 26.2 Å². The normalized spacial score (nSPS) is 29.0. The predicted molar refractivity (Wildman–Crippen MR) is 63.0 cm³/mol. The first-order chi connectivity index (χ1) is 7.38. The summed E-state index contributed by atoms with van der Waals surface area (Å²) in [6.07, 6.45) is 8.45. The van der Waals surface area contributed by atoms with Gasteiger partial charge in [0, 0.05) is 19.3 Å². The van der Waals surface area contributed by atoms with Crippen molar-refractivity contribution in [1.29, 1.82) is 0 Å². The van der Waals surface area contributed by atoms with Crippen molar-refractivity contribution >= 4 is 0 Å². The van der Waals surface area contributed by atoms with Crippen molar-refractivity contribution in [3.63, 3.8) is 0 Å². The van der Waals surface area contributed by atoms with Gasteiger partial charge in [0.05, 0.1) is 0 Å². The Morgan fingerprint density at radius 2 is 2.00 bits per heavy atom. The largest absolute Gasteiger partial charge is 0.381 e. The van der Waals surface area contributed by atoms with Crippen LogP contribution in [0.15, 0.2) is 0 Å². The third-order valence-electron chi connectivity index (χ3n) is 3.98. The van der Waals surface area contributed by atoms with E-state index in [2.05, 4.69) is 12.2 Å². The zero-order chi connectivity index (χ0) is 10.5. The van der Waals surface area contributed by atoms with Gasteiger partial charge in [0.15, 0.2) is 0 Å². The smallest absolute Gasteiger partial charge is 0.0495 e. The van der Waals surface area contributed by atoms with Gasteiger partial charge in [-0.25, -0.2) is 0 Å². The maximum Gasteiger partial charge on any atom is 0.0495 e. The standard InChI is InChI=1S/C13H25NO/c1-2-14-13(8-11-4-3-5-11)9-12-6-7-15-10-12/h11-14H,2-10H2,1H3. The molecule has 1 saturated carbocycles. The molecular weight excluding hydrogens is 186 g/mol. The molecule has 1 aliphatic carbocycles. The van der Waals surface area contributed by atoms with Crippen LogP contribution in [0.2, 0.25) is 0 Å². The molecule has 2 heteroatoms. The highest BCUT2D eigenvalue weighted by molar-refractivity contribution is 4.80. The molecule has 1 heterocycles. The highest BCUT2D eigenvalue weighted by Crippen LogP contribution is 2.32. The minimum absolute atomic E-state index is 0.756. The lowest BCUT2D eigenvalue weighted by Crippen LogP contribution is -2.34. The van der Waals surface area contributed by atoms with E-state index in [-0.39, 0.29) is 0 Å². The van der Waals surface area contributed by atoms with Gasteiger partial charge in [0.1, 0.15) is 0 Å². The van der Waals surface area contributed by atoms with Crippen LogP contribution < -0.4 is 5.32 Å². The molecule has 2 unspecified atom stereocenters. The fourth-order valence-corrected chi connectivity index (χ4v) is 2.85. The summed E-state index contributed by atoms with van der Waals surface area (Å²) in [4.78, 5) is 0. The Balaban J connectivity index is 1.70. The van der Waals surface area contributed by atoms with Crippen molar-refractivity contribution < 1.29 is 4.74 Å². The molecule has 0 amide bonds. The Bertz CT molecular complexity index is 173. The van der Waals surface area contributed by atoms with Crippen molar-refractivity contribution in [3.05, 3.63) is 0 Å². The van der Waals surface area contributed by atoms with Crippen LogP contribution in [0, 0.1) is 11.8 Å². The van der Waals surface area contributed by atoms with Gasteiger partial charge in [0.2, 0.25) is 0 Å². The van der Waals surface area contributed by atoms with E-state index in [1.807, 2.05) is 0 Å². The van der Waals surface area contributed by atoms with Crippen LogP contribution in [-0.4, -0.2) is 25.8 Å². The van der Waals surface area contributed by atoms with E-state index in [4.69, 9.17) is 4.74 Å². The number of rotatable bonds is 6. The molecule has 2 atom stereocenters. The van der Waals surface area contributed by atoms with Gasteiger partial charge >= 0.3 is 0 Å². The van der Waals surface area contributed by atoms with Crippen LogP contribution in [-0.2, 0) is 4.74 Å². The quantitative estimate of drug-likeness (QED) is 0.729. The third-order valence-corrected chi connectivity index (χ3v) is 3.98. The summed E-state index contributed by atoms with van der Waals surface area (Å²) >= 11 is 0. The molecule has 1 N–H and O–H groups in total. The summed E-state index contributed by atoms with van der Waals surface area (Å²) in [7, 11) is 0. The first kappa shape index (κ1) is 11.4. The Labute approximate surface area is 93.8 Å². The van der Waals surface area contributed by atoms with E-state index in [1.165, 1.54) is 38.5 Å². The second kappa shape index (κ2) is 5.86. The lowest BCUT2D eigenvalue weighted by molar-refractivity contribution is 0.176. The topological polar surface area (TPSA) is 21.3 Å². The van der Waals surface area contributed by atoms with Gasteiger partial charge in [-0.3, -0.25) is 0 Å². The Kier molecular flexibility index (Phi) is 4.45. The average Bonchev–Trinajstić information content (AvgIpc) is 2.64. The second-order valence-electron chi connectivity index (χ2n) is 5.25. The van der Waals surface area contributed by atoms with Gasteiger partial charge < -0.3 is 10.1 Å². The lowest BCUT2D eigenvalue weighted by atomic mass is 9.79. The summed E-state index contributed by atoms with van der Waals surface area (Å²) in [6, 6.07) is 0.756. The molecule has 0 bridgehead atoms. The summed E-state index contributed by atoms with van der Waals surface area (Å²) in [5.41, 5.74) is 0. The van der Waals surface area contributed by atoms with Gasteiger partial charge in [-0.05, 0) is 37.6 Å². The van der Waals surface area contributed by atoms with E-state index in [0.29, 0.717) is 0 Å². The molecule has 2 aliphatic rings. The fourth-order valence-electron chi connectivity index (χ4n) is 2.85. The minimum atomic E-state index is 0.756. The van der Waals surface area contributed by atoms with Gasteiger partial charge in [0.25, 0.3) is 0 Å². The summed E-state index contributed by atoms with van der Waals surface area (Å²) in [5, 5.41) is 3.65. The van der Waals surface area contributed by atoms with Crippen molar-refractivity contribution in [2.45, 2.75) is 51.5 Å². The maximum absolute atomic E-state index is 5.45. The molecule has 2 fully saturated rings. The first-order valence-corrected chi connectivity index (χ1v) is 6.69. The first-order valence-electron chi connectivity index (χ1n) is 6.69. The van der Waals surface area contributed by atoms with E-state index in [9.17, 15) is 0 Å². The van der Waals surface area contributed by atoms with E-state index in [1.54, 1.807) is 0 Å². The van der Waals surface area contributed by atoms with Crippen LogP contribution in [0.25, 0.3) is 0 Å². The molecule has 2 nitrogen and oxygen atoms in total. The van der Waals surface area contributed by atoms with E-state index >= 15 is 0 Å². The van der Waals surface area contributed by atoms with Gasteiger partial charge in [-0.2, -0.15) is 0 Å². The zero-order valence-corrected chi connectivity index (χ0v) is 10.0. The monoisotopic (exact) mass is 211 g/mol. The number of nitrogens with one attached hydrogen (secondary N) is 1. The summed E-state index contributed by atoms with van der Waals surface area (Å²) < 4.78 is 5.45. The van der Waals surface area contributed by atoms with Crippen molar-refractivity contribution in [2.75, 3.05) is 19.8 Å². The molecule has 0 aromatic rings. The van der Waals surface area contributed by atoms with E-state index in [0.717, 1.165) is 37.6 Å². The molecule has 0 spiro atoms. The van der Waals surface area contributed by atoms with E-state index < -0.39 is 0 Å². The van der Waals surface area contributed by atoms with Crippen LogP contribution >= 0.6 is 0 Å².